The Morgan fingerprint density at radius 1 is 1.30 bits per heavy atom. The summed E-state index contributed by atoms with van der Waals surface area (Å²) in [5, 5.41) is 2.79. The molecule has 0 bridgehead atoms. The minimum absolute atomic E-state index is 0.138. The number of aryl methyl sites for hydroxylation is 1. The van der Waals surface area contributed by atoms with E-state index in [1.807, 2.05) is 18.5 Å². The first-order chi connectivity index (χ1) is 13.0. The molecular weight excluding hydrogens is 348 g/mol. The van der Waals surface area contributed by atoms with Gasteiger partial charge in [0.15, 0.2) is 0 Å². The summed E-state index contributed by atoms with van der Waals surface area (Å²) in [6, 6.07) is 3.31. The summed E-state index contributed by atoms with van der Waals surface area (Å²) in [5.41, 5.74) is 0.733. The molecule has 1 N–H and O–H groups in total. The molecule has 1 aliphatic heterocycles. The summed E-state index contributed by atoms with van der Waals surface area (Å²) >= 11 is 0. The third-order valence-electron chi connectivity index (χ3n) is 4.65. The molecule has 3 aromatic heterocycles. The molecule has 0 spiro atoms. The smallest absolute Gasteiger partial charge is 0.274 e. The van der Waals surface area contributed by atoms with Gasteiger partial charge in [0.2, 0.25) is 0 Å². The lowest BCUT2D eigenvalue weighted by molar-refractivity contribution is 0.0632. The van der Waals surface area contributed by atoms with Crippen molar-refractivity contribution in [3.63, 3.8) is 0 Å². The first-order valence-corrected chi connectivity index (χ1v) is 8.69. The summed E-state index contributed by atoms with van der Waals surface area (Å²) in [4.78, 5) is 35.4. The van der Waals surface area contributed by atoms with Crippen molar-refractivity contribution >= 4 is 11.8 Å². The molecule has 1 unspecified atom stereocenters. The zero-order chi connectivity index (χ0) is 19.0. The average molecular weight is 368 g/mol. The van der Waals surface area contributed by atoms with Crippen LogP contribution < -0.4 is 5.32 Å². The zero-order valence-corrected chi connectivity index (χ0v) is 15.1. The molecule has 0 saturated carbocycles. The Bertz CT molecular complexity index is 971. The summed E-state index contributed by atoms with van der Waals surface area (Å²) in [7, 11) is 1.82. The summed E-state index contributed by atoms with van der Waals surface area (Å²) in [5.74, 6) is 0.950. The number of carbonyl (C=O) groups is 2. The SMILES string of the molecule is CC1c2nc(C(=O)NCc3ccco3)cn2CCN1C(=O)c1cn(C)cn1. The van der Waals surface area contributed by atoms with E-state index in [0.29, 0.717) is 42.6 Å². The molecule has 4 heterocycles. The van der Waals surface area contributed by atoms with Crippen molar-refractivity contribution in [3.05, 3.63) is 60.1 Å². The fourth-order valence-corrected chi connectivity index (χ4v) is 3.22. The van der Waals surface area contributed by atoms with Gasteiger partial charge in [-0.15, -0.1) is 0 Å². The normalized spacial score (nSPS) is 16.2. The molecule has 0 aliphatic carbocycles. The molecule has 0 radical (unpaired) electrons. The van der Waals surface area contributed by atoms with E-state index in [1.165, 1.54) is 0 Å². The van der Waals surface area contributed by atoms with Crippen LogP contribution in [-0.4, -0.2) is 42.4 Å². The summed E-state index contributed by atoms with van der Waals surface area (Å²) in [6.45, 7) is 3.32. The van der Waals surface area contributed by atoms with E-state index in [0.717, 1.165) is 0 Å². The molecule has 3 aromatic rings. The van der Waals surface area contributed by atoms with Crippen LogP contribution in [0.1, 0.15) is 45.5 Å². The van der Waals surface area contributed by atoms with Crippen molar-refractivity contribution in [2.75, 3.05) is 6.54 Å². The maximum atomic E-state index is 12.7. The van der Waals surface area contributed by atoms with Crippen molar-refractivity contribution in [1.29, 1.82) is 0 Å². The van der Waals surface area contributed by atoms with Gasteiger partial charge in [0.1, 0.15) is 23.0 Å². The van der Waals surface area contributed by atoms with E-state index >= 15 is 0 Å². The largest absolute Gasteiger partial charge is 0.467 e. The van der Waals surface area contributed by atoms with Crippen LogP contribution in [0.15, 0.2) is 41.5 Å². The van der Waals surface area contributed by atoms with Gasteiger partial charge in [0, 0.05) is 32.5 Å². The van der Waals surface area contributed by atoms with E-state index in [9.17, 15) is 9.59 Å². The quantitative estimate of drug-likeness (QED) is 0.750. The number of imidazole rings is 2. The van der Waals surface area contributed by atoms with Gasteiger partial charge in [-0.25, -0.2) is 9.97 Å². The number of aromatic nitrogens is 4. The Kier molecular flexibility index (Phi) is 4.27. The number of hydrogen-bond acceptors (Lipinski definition) is 5. The fraction of sp³-hybridized carbons (Fsp3) is 0.333. The second-order valence-electron chi connectivity index (χ2n) is 6.54. The van der Waals surface area contributed by atoms with Gasteiger partial charge in [-0.2, -0.15) is 0 Å². The van der Waals surface area contributed by atoms with Gasteiger partial charge >= 0.3 is 0 Å². The highest BCUT2D eigenvalue weighted by Gasteiger charge is 2.32. The van der Waals surface area contributed by atoms with E-state index in [-0.39, 0.29) is 17.9 Å². The lowest BCUT2D eigenvalue weighted by Gasteiger charge is -2.33. The molecule has 140 valence electrons. The molecular formula is C18H20N6O3. The molecule has 0 fully saturated rings. The third kappa shape index (κ3) is 3.23. The van der Waals surface area contributed by atoms with Gasteiger partial charge in [0.05, 0.1) is 25.2 Å². The lowest BCUT2D eigenvalue weighted by Crippen LogP contribution is -2.41. The van der Waals surface area contributed by atoms with E-state index in [4.69, 9.17) is 4.42 Å². The highest BCUT2D eigenvalue weighted by molar-refractivity contribution is 5.93. The molecule has 27 heavy (non-hydrogen) atoms. The first-order valence-electron chi connectivity index (χ1n) is 8.69. The van der Waals surface area contributed by atoms with E-state index < -0.39 is 0 Å². The minimum atomic E-state index is -0.275. The molecule has 9 heteroatoms. The zero-order valence-electron chi connectivity index (χ0n) is 15.1. The van der Waals surface area contributed by atoms with Crippen molar-refractivity contribution in [2.45, 2.75) is 26.1 Å². The van der Waals surface area contributed by atoms with Gasteiger partial charge in [-0.1, -0.05) is 0 Å². The Balaban J connectivity index is 1.49. The third-order valence-corrected chi connectivity index (χ3v) is 4.65. The molecule has 2 amide bonds. The second-order valence-corrected chi connectivity index (χ2v) is 6.54. The van der Waals surface area contributed by atoms with Crippen LogP contribution in [0.2, 0.25) is 0 Å². The van der Waals surface area contributed by atoms with Crippen LogP contribution in [0.3, 0.4) is 0 Å². The standard InChI is InChI=1S/C18H20N6O3/c1-12-16-21-14(17(25)19-8-13-4-3-7-27-13)10-23(16)5-6-24(12)18(26)15-9-22(2)11-20-15/h3-4,7,9-12H,5-6,8H2,1-2H3,(H,19,25). The number of nitrogens with one attached hydrogen (secondary N) is 1. The van der Waals surface area contributed by atoms with Crippen LogP contribution in [0.4, 0.5) is 0 Å². The van der Waals surface area contributed by atoms with Crippen LogP contribution in [-0.2, 0) is 20.1 Å². The van der Waals surface area contributed by atoms with E-state index in [2.05, 4.69) is 15.3 Å². The maximum Gasteiger partial charge on any atom is 0.274 e. The molecule has 0 saturated heterocycles. The lowest BCUT2D eigenvalue weighted by atomic mass is 10.2. The number of amides is 2. The first kappa shape index (κ1) is 17.1. The van der Waals surface area contributed by atoms with E-state index in [1.54, 1.807) is 46.6 Å². The monoisotopic (exact) mass is 368 g/mol. The van der Waals surface area contributed by atoms with Crippen molar-refractivity contribution in [2.24, 2.45) is 7.05 Å². The Morgan fingerprint density at radius 3 is 2.85 bits per heavy atom. The molecule has 9 nitrogen and oxygen atoms in total. The predicted octanol–water partition coefficient (Wildman–Crippen LogP) is 1.36. The minimum Gasteiger partial charge on any atom is -0.467 e. The number of furan rings is 1. The summed E-state index contributed by atoms with van der Waals surface area (Å²) < 4.78 is 8.88. The van der Waals surface area contributed by atoms with Crippen LogP contribution in [0.25, 0.3) is 0 Å². The maximum absolute atomic E-state index is 12.7. The molecule has 4 rings (SSSR count). The fourth-order valence-electron chi connectivity index (χ4n) is 3.22. The van der Waals surface area contributed by atoms with Crippen molar-refractivity contribution in [3.8, 4) is 0 Å². The van der Waals surface area contributed by atoms with Gasteiger partial charge < -0.3 is 23.8 Å². The number of rotatable bonds is 4. The van der Waals surface area contributed by atoms with Gasteiger partial charge in [-0.3, -0.25) is 9.59 Å². The van der Waals surface area contributed by atoms with Crippen LogP contribution in [0.5, 0.6) is 0 Å². The Labute approximate surface area is 155 Å². The second kappa shape index (κ2) is 6.75. The Hall–Kier alpha value is -3.36. The molecule has 0 aromatic carbocycles. The predicted molar refractivity (Wildman–Crippen MR) is 94.8 cm³/mol. The summed E-state index contributed by atoms with van der Waals surface area (Å²) in [6.07, 6.45) is 6.59. The topological polar surface area (TPSA) is 98.2 Å². The van der Waals surface area contributed by atoms with Gasteiger partial charge in [0.25, 0.3) is 11.8 Å². The van der Waals surface area contributed by atoms with Gasteiger partial charge in [-0.05, 0) is 19.1 Å². The number of nitrogens with zero attached hydrogens (tertiary/aromatic N) is 5. The highest BCUT2D eigenvalue weighted by atomic mass is 16.3. The number of fused-ring (bicyclic) bond motifs is 1. The average Bonchev–Trinajstić information content (AvgIpc) is 3.40. The highest BCUT2D eigenvalue weighted by Crippen LogP contribution is 2.26. The van der Waals surface area contributed by atoms with Crippen LogP contribution >= 0.6 is 0 Å². The Morgan fingerprint density at radius 2 is 2.15 bits per heavy atom. The van der Waals surface area contributed by atoms with Crippen molar-refractivity contribution in [1.82, 2.24) is 29.3 Å². The van der Waals surface area contributed by atoms with Crippen LogP contribution in [0, 0.1) is 0 Å². The van der Waals surface area contributed by atoms with Crippen molar-refractivity contribution < 1.29 is 14.0 Å². The number of carbonyl (C=O) groups excluding carboxylic acids is 2. The molecule has 1 atom stereocenters. The molecule has 1 aliphatic rings. The number of hydrogen-bond donors (Lipinski definition) is 1.